The van der Waals surface area contributed by atoms with Crippen LogP contribution in [0.5, 0.6) is 5.75 Å². The van der Waals surface area contributed by atoms with Gasteiger partial charge in [0.25, 0.3) is 0 Å². The van der Waals surface area contributed by atoms with Gasteiger partial charge in [0.2, 0.25) is 0 Å². The molecule has 9 heteroatoms. The van der Waals surface area contributed by atoms with Gasteiger partial charge in [-0.1, -0.05) is 17.7 Å². The van der Waals surface area contributed by atoms with Crippen LogP contribution in [-0.4, -0.2) is 36.4 Å². The highest BCUT2D eigenvalue weighted by molar-refractivity contribution is 7.87. The number of alkyl halides is 2. The summed E-state index contributed by atoms with van der Waals surface area (Å²) in [5.74, 6) is -0.781. The minimum absolute atomic E-state index is 0.303. The molecule has 0 radical (unpaired) electrons. The number of ether oxygens (including phenoxy) is 2. The van der Waals surface area contributed by atoms with E-state index in [2.05, 4.69) is 0 Å². The summed E-state index contributed by atoms with van der Waals surface area (Å²) in [6, 6.07) is 7.75. The maximum Gasteiger partial charge on any atom is 0.465 e. The van der Waals surface area contributed by atoms with Crippen LogP contribution in [-0.2, 0) is 19.6 Å². The van der Waals surface area contributed by atoms with Crippen LogP contribution < -0.4 is 4.74 Å². The summed E-state index contributed by atoms with van der Waals surface area (Å²) in [6.45, 7) is 1.68. The van der Waals surface area contributed by atoms with Gasteiger partial charge in [-0.25, -0.2) is 4.79 Å². The predicted molar refractivity (Wildman–Crippen MR) is 99.1 cm³/mol. The van der Waals surface area contributed by atoms with Gasteiger partial charge < -0.3 is 9.47 Å². The molecule has 4 fully saturated rings. The topological polar surface area (TPSA) is 89.9 Å². The van der Waals surface area contributed by atoms with Crippen LogP contribution in [0.1, 0.15) is 44.1 Å². The van der Waals surface area contributed by atoms with E-state index in [1.165, 1.54) is 0 Å². The average Bonchev–Trinajstić information content (AvgIpc) is 2.59. The molecule has 5 rings (SSSR count). The first-order valence-electron chi connectivity index (χ1n) is 9.70. The molecular weight excluding hydrogens is 406 g/mol. The van der Waals surface area contributed by atoms with E-state index >= 15 is 0 Å². The molecule has 1 N–H and O–H groups in total. The van der Waals surface area contributed by atoms with Crippen LogP contribution in [0.3, 0.4) is 0 Å². The fraction of sp³-hybridized carbons (Fsp3) is 0.650. The Morgan fingerprint density at radius 2 is 1.76 bits per heavy atom. The summed E-state index contributed by atoms with van der Waals surface area (Å²) >= 11 is 0. The summed E-state index contributed by atoms with van der Waals surface area (Å²) in [6.07, 6.45) is 4.80. The number of hydrogen-bond acceptors (Lipinski definition) is 5. The fourth-order valence-electron chi connectivity index (χ4n) is 5.92. The van der Waals surface area contributed by atoms with Crippen molar-refractivity contribution in [3.8, 4) is 5.75 Å². The van der Waals surface area contributed by atoms with Crippen molar-refractivity contribution in [2.75, 3.05) is 6.61 Å². The van der Waals surface area contributed by atoms with E-state index in [9.17, 15) is 22.0 Å². The monoisotopic (exact) mass is 430 g/mol. The lowest BCUT2D eigenvalue weighted by Gasteiger charge is -2.61. The number of hydrogen-bond donors (Lipinski definition) is 1. The lowest BCUT2D eigenvalue weighted by molar-refractivity contribution is -0.187. The molecule has 4 aliphatic rings. The highest BCUT2D eigenvalue weighted by atomic mass is 32.2. The van der Waals surface area contributed by atoms with Crippen molar-refractivity contribution >= 4 is 16.1 Å². The number of carbonyl (C=O) groups is 1. The molecule has 0 spiro atoms. The largest absolute Gasteiger partial charge is 0.487 e. The Kier molecular flexibility index (Phi) is 4.70. The first-order valence-corrected chi connectivity index (χ1v) is 11.1. The number of benzene rings is 1. The predicted octanol–water partition coefficient (Wildman–Crippen LogP) is 3.74. The standard InChI is InChI=1S/C20H24F2O6S/c1-13-2-4-16(5-3-13)28-19-9-14-6-15(10-19)8-18(7-14,11-19)12-27-17(23)20(21,22)29(24,25)26/h2-5,14-15H,6-12H2,1H3,(H,24,25,26). The minimum Gasteiger partial charge on any atom is -0.487 e. The Hall–Kier alpha value is -1.74. The molecule has 0 aliphatic heterocycles. The highest BCUT2D eigenvalue weighted by Gasteiger charge is 2.61. The SMILES string of the molecule is Cc1ccc(OC23CC4CC(CC(COC(=O)C(F)(F)S(=O)(=O)O)(C4)C2)C3)cc1. The molecule has 4 aliphatic carbocycles. The van der Waals surface area contributed by atoms with Crippen molar-refractivity contribution in [1.82, 2.24) is 0 Å². The van der Waals surface area contributed by atoms with Crippen molar-refractivity contribution in [2.45, 2.75) is 56.3 Å². The van der Waals surface area contributed by atoms with Crippen LogP contribution >= 0.6 is 0 Å². The summed E-state index contributed by atoms with van der Waals surface area (Å²) in [5, 5.41) is -4.97. The van der Waals surface area contributed by atoms with E-state index in [0.717, 1.165) is 43.4 Å². The smallest absolute Gasteiger partial charge is 0.465 e. The summed E-state index contributed by atoms with van der Waals surface area (Å²) < 4.78 is 68.4. The van der Waals surface area contributed by atoms with E-state index in [4.69, 9.17) is 14.0 Å². The van der Waals surface area contributed by atoms with Crippen molar-refractivity contribution in [1.29, 1.82) is 0 Å². The minimum atomic E-state index is -5.87. The fourth-order valence-corrected chi connectivity index (χ4v) is 6.19. The molecular formula is C20H24F2O6S. The Bertz CT molecular complexity index is 897. The first kappa shape index (κ1) is 20.5. The van der Waals surface area contributed by atoms with Crippen molar-refractivity contribution in [3.63, 3.8) is 0 Å². The van der Waals surface area contributed by atoms with Gasteiger partial charge in [0, 0.05) is 5.41 Å². The van der Waals surface area contributed by atoms with Gasteiger partial charge in [-0.15, -0.1) is 0 Å². The molecule has 2 unspecified atom stereocenters. The molecule has 4 saturated carbocycles. The third kappa shape index (κ3) is 3.74. The van der Waals surface area contributed by atoms with Crippen LogP contribution in [0.25, 0.3) is 0 Å². The van der Waals surface area contributed by atoms with E-state index < -0.39 is 32.4 Å². The second-order valence-electron chi connectivity index (χ2n) is 9.13. The van der Waals surface area contributed by atoms with Gasteiger partial charge in [-0.05, 0) is 69.4 Å². The molecule has 160 valence electrons. The van der Waals surface area contributed by atoms with Crippen LogP contribution in [0.15, 0.2) is 24.3 Å². The molecule has 6 nitrogen and oxygen atoms in total. The van der Waals surface area contributed by atoms with Crippen molar-refractivity contribution in [3.05, 3.63) is 29.8 Å². The van der Waals surface area contributed by atoms with E-state index in [-0.39, 0.29) is 6.61 Å². The number of rotatable bonds is 6. The lowest BCUT2D eigenvalue weighted by Crippen LogP contribution is -2.59. The van der Waals surface area contributed by atoms with Gasteiger partial charge in [-0.2, -0.15) is 17.2 Å². The number of carbonyl (C=O) groups excluding carboxylic acids is 1. The Balaban J connectivity index is 1.51. The summed E-state index contributed by atoms with van der Waals surface area (Å²) in [5.41, 5.74) is 0.169. The van der Waals surface area contributed by atoms with Gasteiger partial charge >= 0.3 is 21.3 Å². The van der Waals surface area contributed by atoms with E-state index in [0.29, 0.717) is 18.3 Å². The highest BCUT2D eigenvalue weighted by Crippen LogP contribution is 2.62. The normalized spacial score (nSPS) is 33.5. The second kappa shape index (κ2) is 6.63. The maximum absolute atomic E-state index is 13.5. The van der Waals surface area contributed by atoms with Crippen LogP contribution in [0.4, 0.5) is 8.78 Å². The quantitative estimate of drug-likeness (QED) is 0.546. The summed E-state index contributed by atoms with van der Waals surface area (Å²) in [4.78, 5) is 11.7. The molecule has 0 amide bonds. The zero-order valence-electron chi connectivity index (χ0n) is 16.1. The third-order valence-electron chi connectivity index (χ3n) is 6.55. The van der Waals surface area contributed by atoms with Crippen LogP contribution in [0, 0.1) is 24.2 Å². The van der Waals surface area contributed by atoms with Gasteiger partial charge in [0.05, 0.1) is 6.61 Å². The van der Waals surface area contributed by atoms with Crippen LogP contribution in [0.2, 0.25) is 0 Å². The lowest BCUT2D eigenvalue weighted by atomic mass is 9.48. The number of aryl methyl sites for hydroxylation is 1. The molecule has 29 heavy (non-hydrogen) atoms. The van der Waals surface area contributed by atoms with E-state index in [1.54, 1.807) is 0 Å². The maximum atomic E-state index is 13.5. The molecule has 0 aromatic heterocycles. The molecule has 1 aromatic rings. The molecule has 1 aromatic carbocycles. The third-order valence-corrected chi connectivity index (χ3v) is 7.37. The Morgan fingerprint density at radius 3 is 2.31 bits per heavy atom. The van der Waals surface area contributed by atoms with Gasteiger partial charge in [0.1, 0.15) is 11.4 Å². The van der Waals surface area contributed by atoms with Crippen molar-refractivity contribution < 1.29 is 36.0 Å². The zero-order valence-corrected chi connectivity index (χ0v) is 16.9. The van der Waals surface area contributed by atoms with E-state index in [1.807, 2.05) is 31.2 Å². The Labute approximate surface area is 168 Å². The van der Waals surface area contributed by atoms with Gasteiger partial charge in [0.15, 0.2) is 0 Å². The van der Waals surface area contributed by atoms with Gasteiger partial charge in [-0.3, -0.25) is 4.55 Å². The Morgan fingerprint density at radius 1 is 1.17 bits per heavy atom. The molecule has 0 saturated heterocycles. The average molecular weight is 430 g/mol. The second-order valence-corrected chi connectivity index (χ2v) is 10.6. The summed E-state index contributed by atoms with van der Waals surface area (Å²) in [7, 11) is -5.87. The number of halogens is 2. The molecule has 2 atom stereocenters. The van der Waals surface area contributed by atoms with Crippen molar-refractivity contribution in [2.24, 2.45) is 17.3 Å². The first-order chi connectivity index (χ1) is 13.4. The molecule has 4 bridgehead atoms. The molecule has 0 heterocycles. The number of esters is 1. The zero-order chi connectivity index (χ0) is 21.1.